The van der Waals surface area contributed by atoms with E-state index in [1.165, 1.54) is 33.4 Å². The van der Waals surface area contributed by atoms with Gasteiger partial charge in [-0.05, 0) is 36.1 Å². The second-order valence-corrected chi connectivity index (χ2v) is 6.63. The SMILES string of the molecule is CC1=C(C)C(C(c2cccc(CN)c2)c2cccc(CN)c2)C=C1. The van der Waals surface area contributed by atoms with Crippen molar-refractivity contribution in [1.29, 1.82) is 0 Å². The van der Waals surface area contributed by atoms with Crippen molar-refractivity contribution in [2.75, 3.05) is 0 Å². The van der Waals surface area contributed by atoms with E-state index in [1.54, 1.807) is 0 Å². The summed E-state index contributed by atoms with van der Waals surface area (Å²) in [7, 11) is 0. The lowest BCUT2D eigenvalue weighted by Crippen LogP contribution is -2.14. The molecule has 124 valence electrons. The lowest BCUT2D eigenvalue weighted by Gasteiger charge is -2.26. The molecule has 1 aliphatic carbocycles. The Morgan fingerprint density at radius 2 is 1.42 bits per heavy atom. The van der Waals surface area contributed by atoms with Gasteiger partial charge < -0.3 is 11.5 Å². The molecule has 3 rings (SSSR count). The first kappa shape index (κ1) is 16.7. The van der Waals surface area contributed by atoms with Crippen molar-refractivity contribution in [2.45, 2.75) is 32.9 Å². The molecule has 4 N–H and O–H groups in total. The van der Waals surface area contributed by atoms with Gasteiger partial charge in [0.05, 0.1) is 0 Å². The van der Waals surface area contributed by atoms with Crippen molar-refractivity contribution >= 4 is 0 Å². The van der Waals surface area contributed by atoms with E-state index in [9.17, 15) is 0 Å². The zero-order valence-electron chi connectivity index (χ0n) is 14.5. The van der Waals surface area contributed by atoms with Gasteiger partial charge in [-0.25, -0.2) is 0 Å². The van der Waals surface area contributed by atoms with Gasteiger partial charge in [-0.2, -0.15) is 0 Å². The van der Waals surface area contributed by atoms with E-state index < -0.39 is 0 Å². The lowest BCUT2D eigenvalue weighted by molar-refractivity contribution is 0.655. The fraction of sp³-hybridized carbons (Fsp3) is 0.273. The molecule has 2 heteroatoms. The molecule has 0 aliphatic heterocycles. The van der Waals surface area contributed by atoms with Gasteiger partial charge in [-0.15, -0.1) is 0 Å². The van der Waals surface area contributed by atoms with Crippen LogP contribution in [0.2, 0.25) is 0 Å². The van der Waals surface area contributed by atoms with E-state index in [1.807, 2.05) is 0 Å². The van der Waals surface area contributed by atoms with E-state index in [2.05, 4.69) is 74.5 Å². The maximum atomic E-state index is 5.87. The molecule has 0 bridgehead atoms. The summed E-state index contributed by atoms with van der Waals surface area (Å²) >= 11 is 0. The van der Waals surface area contributed by atoms with Gasteiger partial charge in [0, 0.05) is 24.9 Å². The Bertz CT molecular complexity index is 739. The van der Waals surface area contributed by atoms with E-state index >= 15 is 0 Å². The summed E-state index contributed by atoms with van der Waals surface area (Å²) in [5.74, 6) is 0.669. The molecule has 2 nitrogen and oxygen atoms in total. The van der Waals surface area contributed by atoms with E-state index in [0.717, 1.165) is 0 Å². The highest BCUT2D eigenvalue weighted by atomic mass is 14.5. The van der Waals surface area contributed by atoms with E-state index in [4.69, 9.17) is 11.5 Å². The van der Waals surface area contributed by atoms with Crippen LogP contribution in [0.4, 0.5) is 0 Å². The Morgan fingerprint density at radius 1 is 0.875 bits per heavy atom. The first-order valence-electron chi connectivity index (χ1n) is 8.57. The molecule has 1 unspecified atom stereocenters. The second-order valence-electron chi connectivity index (χ2n) is 6.63. The van der Waals surface area contributed by atoms with Gasteiger partial charge in [0.1, 0.15) is 0 Å². The third kappa shape index (κ3) is 3.21. The summed E-state index contributed by atoms with van der Waals surface area (Å²) in [5.41, 5.74) is 19.5. The zero-order valence-corrected chi connectivity index (χ0v) is 14.5. The maximum Gasteiger partial charge on any atom is 0.0190 e. The highest BCUT2D eigenvalue weighted by molar-refractivity contribution is 5.45. The summed E-state index contributed by atoms with van der Waals surface area (Å²) in [6.45, 7) is 5.57. The first-order valence-corrected chi connectivity index (χ1v) is 8.57. The van der Waals surface area contributed by atoms with Gasteiger partial charge in [0.25, 0.3) is 0 Å². The normalized spacial score (nSPS) is 17.1. The predicted octanol–water partition coefficient (Wildman–Crippen LogP) is 4.26. The van der Waals surface area contributed by atoms with Crippen molar-refractivity contribution < 1.29 is 0 Å². The van der Waals surface area contributed by atoms with Crippen LogP contribution in [0.1, 0.15) is 42.0 Å². The van der Waals surface area contributed by atoms with Crippen LogP contribution >= 0.6 is 0 Å². The lowest BCUT2D eigenvalue weighted by atomic mass is 9.77. The average Bonchev–Trinajstić information content (AvgIpc) is 2.95. The summed E-state index contributed by atoms with van der Waals surface area (Å²) in [6, 6.07) is 17.3. The minimum absolute atomic E-state index is 0.289. The summed E-state index contributed by atoms with van der Waals surface area (Å²) in [6.07, 6.45) is 4.58. The Hall–Kier alpha value is -2.16. The molecule has 0 fully saturated rings. The molecular weight excluding hydrogens is 292 g/mol. The summed E-state index contributed by atoms with van der Waals surface area (Å²) in [4.78, 5) is 0. The molecule has 1 atom stereocenters. The number of hydrogen-bond donors (Lipinski definition) is 2. The van der Waals surface area contributed by atoms with Crippen molar-refractivity contribution in [3.63, 3.8) is 0 Å². The number of benzene rings is 2. The number of nitrogens with two attached hydrogens (primary N) is 2. The zero-order chi connectivity index (χ0) is 17.1. The highest BCUT2D eigenvalue weighted by Crippen LogP contribution is 2.41. The van der Waals surface area contributed by atoms with Gasteiger partial charge in [0.2, 0.25) is 0 Å². The Kier molecular flexibility index (Phi) is 4.98. The highest BCUT2D eigenvalue weighted by Gasteiger charge is 2.27. The van der Waals surface area contributed by atoms with Crippen molar-refractivity contribution in [2.24, 2.45) is 17.4 Å². The standard InChI is InChI=1S/C22H26N2/c1-15-9-10-21(16(15)2)22(19-7-3-5-17(11-19)13-23)20-8-4-6-18(12-20)14-24/h3-12,21-22H,13-14,23-24H2,1-2H3. The van der Waals surface area contributed by atoms with Crippen LogP contribution in [0.15, 0.2) is 71.8 Å². The average molecular weight is 318 g/mol. The third-order valence-electron chi connectivity index (χ3n) is 5.13. The summed E-state index contributed by atoms with van der Waals surface area (Å²) < 4.78 is 0. The minimum atomic E-state index is 0.289. The molecule has 0 heterocycles. The number of rotatable bonds is 5. The molecule has 0 radical (unpaired) electrons. The largest absolute Gasteiger partial charge is 0.326 e. The molecule has 2 aromatic carbocycles. The molecule has 0 saturated carbocycles. The van der Waals surface area contributed by atoms with Crippen LogP contribution in [0, 0.1) is 5.92 Å². The monoisotopic (exact) mass is 318 g/mol. The van der Waals surface area contributed by atoms with Crippen LogP contribution in [-0.2, 0) is 13.1 Å². The minimum Gasteiger partial charge on any atom is -0.326 e. The van der Waals surface area contributed by atoms with E-state index in [-0.39, 0.29) is 5.92 Å². The van der Waals surface area contributed by atoms with Crippen LogP contribution in [-0.4, -0.2) is 0 Å². The van der Waals surface area contributed by atoms with Crippen molar-refractivity contribution in [3.05, 3.63) is 94.1 Å². The molecule has 0 spiro atoms. The molecule has 24 heavy (non-hydrogen) atoms. The van der Waals surface area contributed by atoms with Crippen molar-refractivity contribution in [1.82, 2.24) is 0 Å². The molecule has 0 saturated heterocycles. The molecule has 0 amide bonds. The van der Waals surface area contributed by atoms with Crippen LogP contribution in [0.3, 0.4) is 0 Å². The molecule has 2 aromatic rings. The number of hydrogen-bond acceptors (Lipinski definition) is 2. The number of allylic oxidation sites excluding steroid dienone is 4. The first-order chi connectivity index (χ1) is 11.6. The third-order valence-corrected chi connectivity index (χ3v) is 5.13. The quantitative estimate of drug-likeness (QED) is 0.865. The Balaban J connectivity index is 2.12. The van der Waals surface area contributed by atoms with Crippen molar-refractivity contribution in [3.8, 4) is 0 Å². The molecular formula is C22H26N2. The topological polar surface area (TPSA) is 52.0 Å². The maximum absolute atomic E-state index is 5.87. The second kappa shape index (κ2) is 7.16. The van der Waals surface area contributed by atoms with Crippen LogP contribution in [0.25, 0.3) is 0 Å². The van der Waals surface area contributed by atoms with Crippen LogP contribution in [0.5, 0.6) is 0 Å². The van der Waals surface area contributed by atoms with Gasteiger partial charge in [-0.1, -0.05) is 71.8 Å². The Morgan fingerprint density at radius 3 is 1.83 bits per heavy atom. The van der Waals surface area contributed by atoms with Gasteiger partial charge in [-0.3, -0.25) is 0 Å². The Labute approximate surface area is 144 Å². The smallest absolute Gasteiger partial charge is 0.0190 e. The predicted molar refractivity (Wildman–Crippen MR) is 102 cm³/mol. The van der Waals surface area contributed by atoms with E-state index in [0.29, 0.717) is 19.0 Å². The molecule has 1 aliphatic rings. The van der Waals surface area contributed by atoms with Gasteiger partial charge in [0.15, 0.2) is 0 Å². The van der Waals surface area contributed by atoms with Crippen LogP contribution < -0.4 is 11.5 Å². The van der Waals surface area contributed by atoms with Gasteiger partial charge >= 0.3 is 0 Å². The fourth-order valence-electron chi connectivity index (χ4n) is 3.58. The molecule has 0 aromatic heterocycles. The summed E-state index contributed by atoms with van der Waals surface area (Å²) in [5, 5.41) is 0. The fourth-order valence-corrected chi connectivity index (χ4v) is 3.58.